The van der Waals surface area contributed by atoms with Crippen molar-refractivity contribution in [1.82, 2.24) is 0 Å². The third-order valence-electron chi connectivity index (χ3n) is 8.36. The molecule has 0 heterocycles. The number of hydrogen-bond donors (Lipinski definition) is 0. The van der Waals surface area contributed by atoms with E-state index in [1.807, 2.05) is 12.2 Å². The highest BCUT2D eigenvalue weighted by molar-refractivity contribution is 5.88. The van der Waals surface area contributed by atoms with Crippen molar-refractivity contribution >= 4 is 23.8 Å². The van der Waals surface area contributed by atoms with E-state index in [0.717, 1.165) is 18.4 Å². The first-order chi connectivity index (χ1) is 17.0. The summed E-state index contributed by atoms with van der Waals surface area (Å²) >= 11 is 0. The highest BCUT2D eigenvalue weighted by Gasteiger charge is 2.37. The van der Waals surface area contributed by atoms with Gasteiger partial charge in [-0.3, -0.25) is 0 Å². The molecule has 0 nitrogen and oxygen atoms in total. The zero-order valence-corrected chi connectivity index (χ0v) is 20.8. The van der Waals surface area contributed by atoms with Gasteiger partial charge in [0.1, 0.15) is 0 Å². The van der Waals surface area contributed by atoms with Crippen LogP contribution in [0.5, 0.6) is 0 Å². The molecule has 0 radical (unpaired) electrons. The van der Waals surface area contributed by atoms with E-state index in [1.54, 1.807) is 5.57 Å². The standard InChI is InChI=1S/C35H32/c1-5-23-11-16-26-17-18-27(21-32(26)29(23)6-2)24-12-14-25(15-13-24)28-19-20-31-30-9-7-8-10-33(30)35(3,4)34(31)22-28/h5-7,9,11-20,22,27H,1-2,8,10,21H2,3-4H3. The van der Waals surface area contributed by atoms with Gasteiger partial charge in [0.15, 0.2) is 0 Å². The maximum absolute atomic E-state index is 4.07. The molecule has 0 saturated carbocycles. The molecule has 0 spiro atoms. The molecular formula is C35H32. The molecule has 35 heavy (non-hydrogen) atoms. The first-order valence-corrected chi connectivity index (χ1v) is 12.8. The van der Waals surface area contributed by atoms with Crippen molar-refractivity contribution in [3.63, 3.8) is 0 Å². The maximum Gasteiger partial charge on any atom is 0.0121 e. The number of hydrogen-bond acceptors (Lipinski definition) is 0. The highest BCUT2D eigenvalue weighted by atomic mass is 14.4. The summed E-state index contributed by atoms with van der Waals surface area (Å²) in [5, 5.41) is 0. The van der Waals surface area contributed by atoms with Gasteiger partial charge in [0, 0.05) is 11.3 Å². The van der Waals surface area contributed by atoms with Crippen molar-refractivity contribution in [3.05, 3.63) is 131 Å². The summed E-state index contributed by atoms with van der Waals surface area (Å²) in [5.41, 5.74) is 15.1. The van der Waals surface area contributed by atoms with Crippen LogP contribution < -0.4 is 0 Å². The van der Waals surface area contributed by atoms with Crippen molar-refractivity contribution in [2.75, 3.05) is 0 Å². The van der Waals surface area contributed by atoms with E-state index >= 15 is 0 Å². The van der Waals surface area contributed by atoms with Crippen molar-refractivity contribution < 1.29 is 0 Å². The molecule has 3 aliphatic carbocycles. The summed E-state index contributed by atoms with van der Waals surface area (Å²) in [6, 6.07) is 20.6. The first kappa shape index (κ1) is 21.9. The summed E-state index contributed by atoms with van der Waals surface area (Å²) in [4.78, 5) is 0. The molecule has 0 aliphatic heterocycles. The number of allylic oxidation sites excluding steroid dienone is 5. The van der Waals surface area contributed by atoms with Crippen LogP contribution >= 0.6 is 0 Å². The van der Waals surface area contributed by atoms with Gasteiger partial charge in [0.25, 0.3) is 0 Å². The lowest BCUT2D eigenvalue weighted by molar-refractivity contribution is 0.607. The molecule has 3 aromatic carbocycles. The summed E-state index contributed by atoms with van der Waals surface area (Å²) in [7, 11) is 0. The normalized spacial score (nSPS) is 19.2. The van der Waals surface area contributed by atoms with Crippen LogP contribution in [-0.2, 0) is 11.8 Å². The van der Waals surface area contributed by atoms with Crippen LogP contribution in [0, 0.1) is 0 Å². The molecular weight excluding hydrogens is 420 g/mol. The second kappa shape index (κ2) is 8.24. The second-order valence-corrected chi connectivity index (χ2v) is 10.6. The topological polar surface area (TPSA) is 0 Å². The molecule has 3 aliphatic rings. The number of benzene rings is 3. The van der Waals surface area contributed by atoms with Crippen LogP contribution in [0.15, 0.2) is 91.6 Å². The third-order valence-corrected chi connectivity index (χ3v) is 8.36. The Morgan fingerprint density at radius 2 is 1.69 bits per heavy atom. The van der Waals surface area contributed by atoms with Gasteiger partial charge >= 0.3 is 0 Å². The highest BCUT2D eigenvalue weighted by Crippen LogP contribution is 2.50. The Balaban J connectivity index is 1.30. The molecule has 0 amide bonds. The van der Waals surface area contributed by atoms with Gasteiger partial charge in [0.05, 0.1) is 0 Å². The van der Waals surface area contributed by atoms with Crippen LogP contribution in [0.4, 0.5) is 0 Å². The first-order valence-electron chi connectivity index (χ1n) is 12.8. The van der Waals surface area contributed by atoms with Gasteiger partial charge < -0.3 is 0 Å². The van der Waals surface area contributed by atoms with E-state index in [0.29, 0.717) is 5.92 Å². The Labute approximate surface area is 209 Å². The fourth-order valence-electron chi connectivity index (χ4n) is 6.37. The average molecular weight is 453 g/mol. The Morgan fingerprint density at radius 1 is 0.886 bits per heavy atom. The van der Waals surface area contributed by atoms with E-state index in [4.69, 9.17) is 0 Å². The van der Waals surface area contributed by atoms with Gasteiger partial charge in [-0.05, 0) is 81.0 Å². The Hall–Kier alpha value is -3.64. The average Bonchev–Trinajstić information content (AvgIpc) is 3.14. The molecule has 1 atom stereocenters. The number of fused-ring (bicyclic) bond motifs is 3. The minimum absolute atomic E-state index is 0.110. The lowest BCUT2D eigenvalue weighted by Crippen LogP contribution is -2.17. The van der Waals surface area contributed by atoms with Gasteiger partial charge in [-0.15, -0.1) is 0 Å². The van der Waals surface area contributed by atoms with E-state index in [1.165, 1.54) is 56.5 Å². The molecule has 0 N–H and O–H groups in total. The van der Waals surface area contributed by atoms with Gasteiger partial charge in [0.2, 0.25) is 0 Å². The molecule has 1 unspecified atom stereocenters. The molecule has 0 bridgehead atoms. The van der Waals surface area contributed by atoms with E-state index < -0.39 is 0 Å². The summed E-state index contributed by atoms with van der Waals surface area (Å²) < 4.78 is 0. The molecule has 3 aromatic rings. The Kier molecular flexibility index (Phi) is 5.15. The van der Waals surface area contributed by atoms with Crippen molar-refractivity contribution in [2.45, 2.75) is 44.4 Å². The van der Waals surface area contributed by atoms with Gasteiger partial charge in [-0.2, -0.15) is 0 Å². The molecule has 0 saturated heterocycles. The molecule has 6 rings (SSSR count). The minimum atomic E-state index is 0.110. The van der Waals surface area contributed by atoms with Gasteiger partial charge in [-0.25, -0.2) is 0 Å². The minimum Gasteiger partial charge on any atom is -0.0984 e. The van der Waals surface area contributed by atoms with Crippen molar-refractivity contribution in [1.29, 1.82) is 0 Å². The summed E-state index contributed by atoms with van der Waals surface area (Å²) in [6.07, 6.45) is 16.5. The zero-order valence-electron chi connectivity index (χ0n) is 20.8. The fraction of sp³-hybridized carbons (Fsp3) is 0.200. The lowest BCUT2D eigenvalue weighted by atomic mass is 9.78. The molecule has 0 heteroatoms. The van der Waals surface area contributed by atoms with E-state index in [-0.39, 0.29) is 5.41 Å². The Morgan fingerprint density at radius 3 is 2.46 bits per heavy atom. The third kappa shape index (κ3) is 3.43. The Bertz CT molecular complexity index is 1450. The van der Waals surface area contributed by atoms with Crippen molar-refractivity contribution in [2.24, 2.45) is 0 Å². The SMILES string of the molecule is C=Cc1ccc2c(c1C=C)CC(c1ccc(-c3ccc4c(c3)C(C)(C)C3=C4C=CCC3)cc1)C=C2. The maximum atomic E-state index is 4.07. The smallest absolute Gasteiger partial charge is 0.0121 e. The predicted molar refractivity (Wildman–Crippen MR) is 152 cm³/mol. The van der Waals surface area contributed by atoms with E-state index in [9.17, 15) is 0 Å². The second-order valence-electron chi connectivity index (χ2n) is 10.6. The van der Waals surface area contributed by atoms with Crippen molar-refractivity contribution in [3.8, 4) is 11.1 Å². The number of rotatable bonds is 4. The summed E-state index contributed by atoms with van der Waals surface area (Å²) in [6.45, 7) is 12.8. The molecule has 0 fully saturated rings. The van der Waals surface area contributed by atoms with Crippen LogP contribution in [0.3, 0.4) is 0 Å². The van der Waals surface area contributed by atoms with Crippen LogP contribution in [0.25, 0.3) is 34.9 Å². The van der Waals surface area contributed by atoms with Gasteiger partial charge in [-0.1, -0.05) is 118 Å². The van der Waals surface area contributed by atoms with Crippen LogP contribution in [0.2, 0.25) is 0 Å². The predicted octanol–water partition coefficient (Wildman–Crippen LogP) is 9.39. The van der Waals surface area contributed by atoms with E-state index in [2.05, 4.69) is 106 Å². The lowest BCUT2D eigenvalue weighted by Gasteiger charge is -2.26. The monoisotopic (exact) mass is 452 g/mol. The quantitative estimate of drug-likeness (QED) is 0.370. The molecule has 0 aromatic heterocycles. The van der Waals surface area contributed by atoms with Crippen LogP contribution in [0.1, 0.15) is 71.6 Å². The largest absolute Gasteiger partial charge is 0.0984 e. The summed E-state index contributed by atoms with van der Waals surface area (Å²) in [5.74, 6) is 0.372. The fourth-order valence-corrected chi connectivity index (χ4v) is 6.37. The molecule has 172 valence electrons. The van der Waals surface area contributed by atoms with Crippen LogP contribution in [-0.4, -0.2) is 0 Å². The zero-order chi connectivity index (χ0) is 24.2.